The molecular weight excluding hydrogens is 381 g/mol. The zero-order valence-corrected chi connectivity index (χ0v) is 16.6. The topological polar surface area (TPSA) is 27.7 Å². The van der Waals surface area contributed by atoms with Gasteiger partial charge < -0.3 is 14.2 Å². The number of halogens is 3. The van der Waals surface area contributed by atoms with E-state index in [9.17, 15) is 13.2 Å². The Kier molecular flexibility index (Phi) is 7.34. The number of unbranched alkanes of at least 4 members (excludes halogenated alkanes) is 1. The molecule has 0 bridgehead atoms. The van der Waals surface area contributed by atoms with Gasteiger partial charge in [0.1, 0.15) is 5.82 Å². The summed E-state index contributed by atoms with van der Waals surface area (Å²) in [6, 6.07) is 7.82. The van der Waals surface area contributed by atoms with Crippen LogP contribution in [0.3, 0.4) is 0 Å². The molecule has 0 saturated carbocycles. The van der Waals surface area contributed by atoms with Gasteiger partial charge in [-0.05, 0) is 37.1 Å². The molecule has 0 aliphatic carbocycles. The highest BCUT2D eigenvalue weighted by atomic mass is 19.2. The number of rotatable bonds is 7. The monoisotopic (exact) mass is 406 g/mol. The molecule has 3 rings (SSSR count). The molecule has 2 aromatic rings. The molecule has 0 unspecified atom stereocenters. The molecule has 1 fully saturated rings. The second kappa shape index (κ2) is 9.94. The molecule has 1 saturated heterocycles. The second-order valence-corrected chi connectivity index (χ2v) is 7.13. The maximum Gasteiger partial charge on any atom is 0.201 e. The van der Waals surface area contributed by atoms with Crippen LogP contribution < -0.4 is 4.74 Å². The summed E-state index contributed by atoms with van der Waals surface area (Å²) in [6.07, 6.45) is 4.15. The molecule has 0 aromatic heterocycles. The van der Waals surface area contributed by atoms with E-state index in [0.29, 0.717) is 12.2 Å². The Hall–Kier alpha value is -2.31. The molecule has 0 atom stereocenters. The second-order valence-electron chi connectivity index (χ2n) is 7.13. The van der Waals surface area contributed by atoms with Crippen LogP contribution in [0.2, 0.25) is 0 Å². The summed E-state index contributed by atoms with van der Waals surface area (Å²) >= 11 is 0. The van der Waals surface area contributed by atoms with Crippen molar-refractivity contribution in [1.82, 2.24) is 0 Å². The van der Waals surface area contributed by atoms with E-state index in [1.165, 1.54) is 18.2 Å². The molecule has 29 heavy (non-hydrogen) atoms. The lowest BCUT2D eigenvalue weighted by Gasteiger charge is -2.28. The molecule has 0 amide bonds. The van der Waals surface area contributed by atoms with Crippen LogP contribution in [0.25, 0.3) is 6.08 Å². The summed E-state index contributed by atoms with van der Waals surface area (Å²) in [7, 11) is 0. The Bertz CT molecular complexity index is 859. The van der Waals surface area contributed by atoms with Gasteiger partial charge in [0.05, 0.1) is 19.8 Å². The first kappa shape index (κ1) is 21.4. The third-order valence-corrected chi connectivity index (χ3v) is 4.71. The van der Waals surface area contributed by atoms with E-state index in [-0.39, 0.29) is 36.3 Å². The lowest BCUT2D eigenvalue weighted by molar-refractivity contribution is -0.198. The zero-order chi connectivity index (χ0) is 20.8. The van der Waals surface area contributed by atoms with Crippen molar-refractivity contribution in [2.24, 2.45) is 5.92 Å². The molecule has 1 heterocycles. The summed E-state index contributed by atoms with van der Waals surface area (Å²) in [5.41, 5.74) is 1.32. The molecule has 0 N–H and O–H groups in total. The molecule has 3 nitrogen and oxygen atoms in total. The fraction of sp³-hybridized carbons (Fsp3) is 0.391. The van der Waals surface area contributed by atoms with Crippen molar-refractivity contribution >= 4 is 6.08 Å². The zero-order valence-electron chi connectivity index (χ0n) is 16.6. The molecule has 0 spiro atoms. The molecule has 1 aliphatic heterocycles. The molecule has 1 aliphatic rings. The molecule has 0 radical (unpaired) electrons. The van der Waals surface area contributed by atoms with Gasteiger partial charge in [-0.15, -0.1) is 0 Å². The standard InChI is InChI=1S/C23H25F3O3/c1-3-4-11-27-20-10-9-18(21(25)22(20)26)23-28-13-16(14-29-23)6-8-17-7-5-15(2)12-19(17)24/h5-10,12,16,23H,3-4,11,13-14H2,1-2H3/b8-6+. The summed E-state index contributed by atoms with van der Waals surface area (Å²) in [5, 5.41) is 0. The maximum atomic E-state index is 14.4. The van der Waals surface area contributed by atoms with Crippen LogP contribution in [0.15, 0.2) is 36.4 Å². The van der Waals surface area contributed by atoms with E-state index in [1.807, 2.05) is 19.9 Å². The number of benzene rings is 2. The largest absolute Gasteiger partial charge is 0.490 e. The molecule has 6 heteroatoms. The van der Waals surface area contributed by atoms with Gasteiger partial charge in [-0.1, -0.05) is 37.6 Å². The van der Waals surface area contributed by atoms with Crippen LogP contribution in [0, 0.1) is 30.3 Å². The van der Waals surface area contributed by atoms with Crippen molar-refractivity contribution in [2.45, 2.75) is 33.0 Å². The van der Waals surface area contributed by atoms with Gasteiger partial charge in [-0.3, -0.25) is 0 Å². The molecule has 2 aromatic carbocycles. The first-order chi connectivity index (χ1) is 14.0. The molecular formula is C23H25F3O3. The van der Waals surface area contributed by atoms with E-state index in [0.717, 1.165) is 18.4 Å². The maximum absolute atomic E-state index is 14.4. The minimum atomic E-state index is -1.04. The number of hydrogen-bond donors (Lipinski definition) is 0. The van der Waals surface area contributed by atoms with Gasteiger partial charge in [0.2, 0.25) is 5.82 Å². The van der Waals surface area contributed by atoms with Crippen LogP contribution in [-0.2, 0) is 9.47 Å². The van der Waals surface area contributed by atoms with Crippen molar-refractivity contribution in [2.75, 3.05) is 19.8 Å². The highest BCUT2D eigenvalue weighted by Crippen LogP contribution is 2.32. The van der Waals surface area contributed by atoms with Crippen LogP contribution >= 0.6 is 0 Å². The van der Waals surface area contributed by atoms with E-state index < -0.39 is 17.9 Å². The number of aryl methyl sites for hydroxylation is 1. The first-order valence-corrected chi connectivity index (χ1v) is 9.77. The number of hydrogen-bond acceptors (Lipinski definition) is 3. The highest BCUT2D eigenvalue weighted by molar-refractivity contribution is 5.51. The van der Waals surface area contributed by atoms with Crippen LogP contribution in [-0.4, -0.2) is 19.8 Å². The average molecular weight is 406 g/mol. The van der Waals surface area contributed by atoms with E-state index in [1.54, 1.807) is 18.2 Å². The van der Waals surface area contributed by atoms with Crippen LogP contribution in [0.5, 0.6) is 5.75 Å². The third-order valence-electron chi connectivity index (χ3n) is 4.71. The smallest absolute Gasteiger partial charge is 0.201 e. The van der Waals surface area contributed by atoms with Crippen molar-refractivity contribution in [3.63, 3.8) is 0 Å². The normalized spacial score (nSPS) is 19.6. The van der Waals surface area contributed by atoms with Crippen LogP contribution in [0.1, 0.15) is 42.7 Å². The Morgan fingerprint density at radius 3 is 2.52 bits per heavy atom. The van der Waals surface area contributed by atoms with Gasteiger partial charge in [0.15, 0.2) is 17.9 Å². The Morgan fingerprint density at radius 2 is 1.83 bits per heavy atom. The fourth-order valence-electron chi connectivity index (χ4n) is 2.98. The molecule has 156 valence electrons. The highest BCUT2D eigenvalue weighted by Gasteiger charge is 2.27. The SMILES string of the molecule is CCCCOc1ccc(C2OCC(/C=C/c3ccc(C)cc3F)CO2)c(F)c1F. The van der Waals surface area contributed by atoms with Gasteiger partial charge in [0.25, 0.3) is 0 Å². The van der Waals surface area contributed by atoms with Gasteiger partial charge >= 0.3 is 0 Å². The summed E-state index contributed by atoms with van der Waals surface area (Å²) in [4.78, 5) is 0. The third kappa shape index (κ3) is 5.40. The predicted molar refractivity (Wildman–Crippen MR) is 105 cm³/mol. The first-order valence-electron chi connectivity index (χ1n) is 9.77. The summed E-state index contributed by atoms with van der Waals surface area (Å²) in [6.45, 7) is 4.65. The van der Waals surface area contributed by atoms with Gasteiger partial charge in [-0.25, -0.2) is 8.78 Å². The average Bonchev–Trinajstić information content (AvgIpc) is 2.71. The van der Waals surface area contributed by atoms with E-state index >= 15 is 0 Å². The number of ether oxygens (including phenoxy) is 3. The summed E-state index contributed by atoms with van der Waals surface area (Å²) < 4.78 is 59.0. The Morgan fingerprint density at radius 1 is 1.07 bits per heavy atom. The Labute approximate surface area is 169 Å². The fourth-order valence-corrected chi connectivity index (χ4v) is 2.98. The van der Waals surface area contributed by atoms with Crippen LogP contribution in [0.4, 0.5) is 13.2 Å². The van der Waals surface area contributed by atoms with Crippen molar-refractivity contribution in [1.29, 1.82) is 0 Å². The minimum absolute atomic E-state index is 0.00245. The van der Waals surface area contributed by atoms with Crippen molar-refractivity contribution in [3.05, 3.63) is 70.5 Å². The van der Waals surface area contributed by atoms with Crippen molar-refractivity contribution in [3.8, 4) is 5.75 Å². The van der Waals surface area contributed by atoms with E-state index in [4.69, 9.17) is 14.2 Å². The van der Waals surface area contributed by atoms with Gasteiger partial charge in [0, 0.05) is 17.0 Å². The quantitative estimate of drug-likeness (QED) is 0.531. The lowest BCUT2D eigenvalue weighted by Crippen LogP contribution is -2.26. The lowest BCUT2D eigenvalue weighted by atomic mass is 10.1. The van der Waals surface area contributed by atoms with Crippen molar-refractivity contribution < 1.29 is 27.4 Å². The van der Waals surface area contributed by atoms with E-state index in [2.05, 4.69) is 0 Å². The van der Waals surface area contributed by atoms with Gasteiger partial charge in [-0.2, -0.15) is 4.39 Å². The minimum Gasteiger partial charge on any atom is -0.490 e. The summed E-state index contributed by atoms with van der Waals surface area (Å²) in [5.74, 6) is -2.59. The Balaban J connectivity index is 1.60. The predicted octanol–water partition coefficient (Wildman–Crippen LogP) is 5.97.